The summed E-state index contributed by atoms with van der Waals surface area (Å²) in [7, 11) is 0. The Balaban J connectivity index is 1.78. The molecule has 1 amide bonds. The van der Waals surface area contributed by atoms with E-state index < -0.39 is 0 Å². The highest BCUT2D eigenvalue weighted by atomic mass is 32.1. The number of aromatic nitrogens is 1. The van der Waals surface area contributed by atoms with Crippen molar-refractivity contribution in [2.75, 3.05) is 0 Å². The van der Waals surface area contributed by atoms with Gasteiger partial charge >= 0.3 is 0 Å². The van der Waals surface area contributed by atoms with Gasteiger partial charge in [-0.2, -0.15) is 0 Å². The van der Waals surface area contributed by atoms with Crippen LogP contribution in [0, 0.1) is 0 Å². The van der Waals surface area contributed by atoms with Crippen LogP contribution in [0.2, 0.25) is 0 Å². The first kappa shape index (κ1) is 12.7. The fourth-order valence-corrected chi connectivity index (χ4v) is 2.50. The molecule has 102 valence electrons. The molecule has 1 N–H and O–H groups in total. The number of carbonyl (C=O) groups is 1. The summed E-state index contributed by atoms with van der Waals surface area (Å²) in [4.78, 5) is 15.3. The van der Waals surface area contributed by atoms with Gasteiger partial charge in [0.05, 0.1) is 12.8 Å². The Morgan fingerprint density at radius 1 is 1.35 bits per heavy atom. The average molecular weight is 288 g/mol. The number of carbonyl (C=O) groups excluding carboxylic acids is 1. The molecule has 0 saturated carbocycles. The lowest BCUT2D eigenvalue weighted by Gasteiger charge is -1.97. The molecule has 0 aliphatic carbocycles. The van der Waals surface area contributed by atoms with Crippen LogP contribution in [0.3, 0.4) is 0 Å². The Bertz CT molecular complexity index is 712. The zero-order valence-electron chi connectivity index (χ0n) is 10.8. The van der Waals surface area contributed by atoms with Crippen LogP contribution in [0.25, 0.3) is 22.2 Å². The van der Waals surface area contributed by atoms with E-state index in [1.54, 1.807) is 6.26 Å². The fraction of sp³-hybridized carbons (Fsp3) is 0.143. The summed E-state index contributed by atoms with van der Waals surface area (Å²) in [6.45, 7) is 1.85. The Kier molecular flexibility index (Phi) is 3.39. The Labute approximate surface area is 119 Å². The van der Waals surface area contributed by atoms with E-state index in [9.17, 15) is 4.79 Å². The first-order valence-corrected chi connectivity index (χ1v) is 6.93. The highest BCUT2D eigenvalue weighted by Crippen LogP contribution is 2.29. The first-order valence-electron chi connectivity index (χ1n) is 6.05. The minimum atomic E-state index is -0.0864. The molecular weight excluding hydrogens is 276 g/mol. The van der Waals surface area contributed by atoms with E-state index in [4.69, 9.17) is 8.83 Å². The van der Waals surface area contributed by atoms with Crippen molar-refractivity contribution in [3.05, 3.63) is 41.7 Å². The van der Waals surface area contributed by atoms with Gasteiger partial charge in [-0.05, 0) is 24.3 Å². The third-order valence-corrected chi connectivity index (χ3v) is 3.52. The van der Waals surface area contributed by atoms with Crippen molar-refractivity contribution in [1.29, 1.82) is 0 Å². The van der Waals surface area contributed by atoms with Crippen LogP contribution in [-0.4, -0.2) is 10.9 Å². The lowest BCUT2D eigenvalue weighted by Crippen LogP contribution is -2.18. The predicted octanol–water partition coefficient (Wildman–Crippen LogP) is 3.30. The van der Waals surface area contributed by atoms with Crippen molar-refractivity contribution < 1.29 is 13.6 Å². The van der Waals surface area contributed by atoms with Crippen LogP contribution in [0.4, 0.5) is 0 Å². The van der Waals surface area contributed by atoms with Crippen molar-refractivity contribution in [3.8, 4) is 22.2 Å². The summed E-state index contributed by atoms with van der Waals surface area (Å²) in [5.41, 5.74) is 0.760. The standard InChI is InChI=1S/C14H12N2O3S/c1-9(17)15-7-10-4-5-12(19-10)11-8-20-14(16-11)13-3-2-6-18-13/h2-6,8H,7H2,1H3,(H,15,17). The normalized spacial score (nSPS) is 10.7. The molecule has 0 aliphatic rings. The molecule has 0 aliphatic heterocycles. The van der Waals surface area contributed by atoms with Crippen LogP contribution in [-0.2, 0) is 11.3 Å². The summed E-state index contributed by atoms with van der Waals surface area (Å²) in [5, 5.41) is 5.41. The molecule has 3 aromatic rings. The minimum absolute atomic E-state index is 0.0864. The first-order chi connectivity index (χ1) is 9.72. The number of hydrogen-bond donors (Lipinski definition) is 1. The monoisotopic (exact) mass is 288 g/mol. The van der Waals surface area contributed by atoms with Gasteiger partial charge in [0, 0.05) is 12.3 Å². The van der Waals surface area contributed by atoms with Crippen molar-refractivity contribution in [2.45, 2.75) is 13.5 Å². The van der Waals surface area contributed by atoms with E-state index in [2.05, 4.69) is 10.3 Å². The zero-order valence-corrected chi connectivity index (χ0v) is 11.6. The van der Waals surface area contributed by atoms with Crippen molar-refractivity contribution in [3.63, 3.8) is 0 Å². The van der Waals surface area contributed by atoms with Crippen LogP contribution >= 0.6 is 11.3 Å². The van der Waals surface area contributed by atoms with E-state index in [1.807, 2.05) is 29.6 Å². The SMILES string of the molecule is CC(=O)NCc1ccc(-c2csc(-c3ccco3)n2)o1. The average Bonchev–Trinajstić information content (AvgIpc) is 3.15. The molecular formula is C14H12N2O3S. The van der Waals surface area contributed by atoms with E-state index in [0.717, 1.165) is 16.5 Å². The third kappa shape index (κ3) is 2.65. The maximum Gasteiger partial charge on any atom is 0.217 e. The van der Waals surface area contributed by atoms with Gasteiger partial charge in [0.1, 0.15) is 11.5 Å². The molecule has 3 rings (SSSR count). The van der Waals surface area contributed by atoms with Crippen LogP contribution in [0.5, 0.6) is 0 Å². The number of furan rings is 2. The number of amides is 1. The molecule has 20 heavy (non-hydrogen) atoms. The summed E-state index contributed by atoms with van der Waals surface area (Å²) in [6, 6.07) is 7.37. The van der Waals surface area contributed by atoms with Crippen molar-refractivity contribution >= 4 is 17.2 Å². The number of rotatable bonds is 4. The van der Waals surface area contributed by atoms with E-state index in [-0.39, 0.29) is 5.91 Å². The highest BCUT2D eigenvalue weighted by molar-refractivity contribution is 7.13. The van der Waals surface area contributed by atoms with Gasteiger partial charge in [-0.15, -0.1) is 11.3 Å². The maximum atomic E-state index is 10.9. The molecule has 0 atom stereocenters. The van der Waals surface area contributed by atoms with E-state index >= 15 is 0 Å². The summed E-state index contributed by atoms with van der Waals surface area (Å²) in [6.07, 6.45) is 1.62. The van der Waals surface area contributed by atoms with Gasteiger partial charge in [0.25, 0.3) is 0 Å². The molecule has 0 spiro atoms. The van der Waals surface area contributed by atoms with Crippen LogP contribution < -0.4 is 5.32 Å². The van der Waals surface area contributed by atoms with Crippen LogP contribution in [0.1, 0.15) is 12.7 Å². The van der Waals surface area contributed by atoms with Gasteiger partial charge in [-0.3, -0.25) is 4.79 Å². The lowest BCUT2D eigenvalue weighted by atomic mass is 10.3. The molecule has 0 radical (unpaired) electrons. The number of nitrogens with one attached hydrogen (secondary N) is 1. The zero-order chi connectivity index (χ0) is 13.9. The quantitative estimate of drug-likeness (QED) is 0.799. The predicted molar refractivity (Wildman–Crippen MR) is 75.0 cm³/mol. The summed E-state index contributed by atoms with van der Waals surface area (Å²) < 4.78 is 11.0. The Morgan fingerprint density at radius 3 is 3.00 bits per heavy atom. The van der Waals surface area contributed by atoms with E-state index in [1.165, 1.54) is 18.3 Å². The lowest BCUT2D eigenvalue weighted by molar-refractivity contribution is -0.119. The fourth-order valence-electron chi connectivity index (χ4n) is 1.72. The molecule has 0 saturated heterocycles. The van der Waals surface area contributed by atoms with Crippen LogP contribution in [0.15, 0.2) is 44.7 Å². The number of nitrogens with zero attached hydrogens (tertiary/aromatic N) is 1. The molecule has 5 nitrogen and oxygen atoms in total. The van der Waals surface area contributed by atoms with Gasteiger partial charge in [-0.25, -0.2) is 4.98 Å². The highest BCUT2D eigenvalue weighted by Gasteiger charge is 2.11. The second-order valence-corrected chi connectivity index (χ2v) is 5.05. The van der Waals surface area contributed by atoms with Crippen molar-refractivity contribution in [2.24, 2.45) is 0 Å². The molecule has 6 heteroatoms. The molecule has 0 unspecified atom stereocenters. The smallest absolute Gasteiger partial charge is 0.217 e. The molecule has 0 fully saturated rings. The van der Waals surface area contributed by atoms with Crippen molar-refractivity contribution in [1.82, 2.24) is 10.3 Å². The summed E-state index contributed by atoms with van der Waals surface area (Å²) in [5.74, 6) is 2.03. The number of thiazole rings is 1. The second kappa shape index (κ2) is 5.34. The van der Waals surface area contributed by atoms with Gasteiger partial charge in [-0.1, -0.05) is 0 Å². The van der Waals surface area contributed by atoms with Gasteiger partial charge in [0.2, 0.25) is 5.91 Å². The molecule has 0 bridgehead atoms. The third-order valence-electron chi connectivity index (χ3n) is 2.66. The van der Waals surface area contributed by atoms with Gasteiger partial charge < -0.3 is 14.2 Å². The topological polar surface area (TPSA) is 68.3 Å². The molecule has 3 aromatic heterocycles. The second-order valence-electron chi connectivity index (χ2n) is 4.19. The minimum Gasteiger partial charge on any atom is -0.462 e. The van der Waals surface area contributed by atoms with E-state index in [0.29, 0.717) is 18.1 Å². The number of hydrogen-bond acceptors (Lipinski definition) is 5. The maximum absolute atomic E-state index is 10.9. The largest absolute Gasteiger partial charge is 0.462 e. The Morgan fingerprint density at radius 2 is 2.25 bits per heavy atom. The Hall–Kier alpha value is -2.34. The van der Waals surface area contributed by atoms with Gasteiger partial charge in [0.15, 0.2) is 16.5 Å². The summed E-state index contributed by atoms with van der Waals surface area (Å²) >= 11 is 1.50. The molecule has 0 aromatic carbocycles. The molecule has 3 heterocycles.